The van der Waals surface area contributed by atoms with Gasteiger partial charge in [0.1, 0.15) is 0 Å². The van der Waals surface area contributed by atoms with Crippen molar-refractivity contribution in [3.63, 3.8) is 0 Å². The fraction of sp³-hybridized carbons (Fsp3) is 0.381. The second-order valence-electron chi connectivity index (χ2n) is 7.54. The Balaban J connectivity index is 1.75. The van der Waals surface area contributed by atoms with Gasteiger partial charge in [0.15, 0.2) is 0 Å². The van der Waals surface area contributed by atoms with E-state index >= 15 is 0 Å². The van der Waals surface area contributed by atoms with Crippen LogP contribution in [0.1, 0.15) is 34.1 Å². The summed E-state index contributed by atoms with van der Waals surface area (Å²) in [4.78, 5) is 17.2. The molecule has 26 heavy (non-hydrogen) atoms. The average Bonchev–Trinajstić information content (AvgIpc) is 3.08. The summed E-state index contributed by atoms with van der Waals surface area (Å²) in [7, 11) is 0. The number of anilines is 1. The summed E-state index contributed by atoms with van der Waals surface area (Å²) in [6, 6.07) is 13.6. The van der Waals surface area contributed by atoms with Crippen molar-refractivity contribution in [1.29, 1.82) is 0 Å². The van der Waals surface area contributed by atoms with Crippen molar-refractivity contribution < 1.29 is 4.79 Å². The molecule has 1 N–H and O–H groups in total. The van der Waals surface area contributed by atoms with Gasteiger partial charge in [0.25, 0.3) is 0 Å². The lowest BCUT2D eigenvalue weighted by Gasteiger charge is -2.30. The Labute approximate surface area is 155 Å². The Kier molecular flexibility index (Phi) is 5.07. The van der Waals surface area contributed by atoms with Crippen LogP contribution in [-0.2, 0) is 4.79 Å². The Bertz CT molecular complexity index is 808. The molecule has 1 aromatic carbocycles. The number of nitrogens with one attached hydrogen (secondary N) is 1. The average molecular weight is 350 g/mol. The molecule has 1 aliphatic rings. The van der Waals surface area contributed by atoms with E-state index in [-0.39, 0.29) is 17.4 Å². The topological polar surface area (TPSA) is 57.6 Å². The molecular weight excluding hydrogens is 324 g/mol. The quantitative estimate of drug-likeness (QED) is 0.900. The molecule has 5 heteroatoms. The van der Waals surface area contributed by atoms with Crippen LogP contribution < -0.4 is 5.32 Å². The summed E-state index contributed by atoms with van der Waals surface area (Å²) in [5, 5.41) is 9.74. The first-order chi connectivity index (χ1) is 12.4. The van der Waals surface area contributed by atoms with Gasteiger partial charge in [0.05, 0.1) is 23.9 Å². The molecule has 0 aliphatic carbocycles. The number of benzene rings is 1. The van der Waals surface area contributed by atoms with E-state index in [2.05, 4.69) is 36.2 Å². The lowest BCUT2D eigenvalue weighted by molar-refractivity contribution is -0.118. The van der Waals surface area contributed by atoms with Crippen LogP contribution in [0.25, 0.3) is 11.3 Å². The van der Waals surface area contributed by atoms with Gasteiger partial charge >= 0.3 is 0 Å². The van der Waals surface area contributed by atoms with E-state index in [1.807, 2.05) is 54.4 Å². The van der Waals surface area contributed by atoms with E-state index in [4.69, 9.17) is 0 Å². The fourth-order valence-corrected chi connectivity index (χ4v) is 3.04. The zero-order valence-corrected chi connectivity index (χ0v) is 15.9. The molecule has 0 saturated carbocycles. The first-order valence-corrected chi connectivity index (χ1v) is 9.06. The summed E-state index contributed by atoms with van der Waals surface area (Å²) in [6.07, 6.45) is 2.54. The molecule has 2 heterocycles. The highest BCUT2D eigenvalue weighted by atomic mass is 16.2. The van der Waals surface area contributed by atoms with Gasteiger partial charge in [-0.15, -0.1) is 0 Å². The minimum Gasteiger partial charge on any atom is -0.325 e. The number of hydrazone groups is 1. The van der Waals surface area contributed by atoms with Crippen molar-refractivity contribution in [2.45, 2.75) is 39.7 Å². The minimum atomic E-state index is -0.210. The smallest absolute Gasteiger partial charge is 0.235 e. The predicted octanol–water partition coefficient (Wildman–Crippen LogP) is 4.18. The van der Waals surface area contributed by atoms with E-state index in [0.717, 1.165) is 29.1 Å². The van der Waals surface area contributed by atoms with Crippen molar-refractivity contribution in [3.05, 3.63) is 48.7 Å². The van der Waals surface area contributed by atoms with Crippen LogP contribution >= 0.6 is 0 Å². The van der Waals surface area contributed by atoms with Crippen LogP contribution in [0.15, 0.2) is 53.8 Å². The molecular formula is C21H26N4O. The molecule has 0 saturated heterocycles. The highest BCUT2D eigenvalue weighted by Crippen LogP contribution is 2.26. The van der Waals surface area contributed by atoms with Crippen molar-refractivity contribution in [2.24, 2.45) is 11.0 Å². The predicted molar refractivity (Wildman–Crippen MR) is 106 cm³/mol. The number of hydrogen-bond acceptors (Lipinski definition) is 4. The van der Waals surface area contributed by atoms with Gasteiger partial charge in [-0.05, 0) is 51.5 Å². The lowest BCUT2D eigenvalue weighted by Crippen LogP contribution is -2.39. The molecule has 1 unspecified atom stereocenters. The number of pyridine rings is 1. The zero-order valence-electron chi connectivity index (χ0n) is 15.9. The summed E-state index contributed by atoms with van der Waals surface area (Å²) in [5.74, 6) is -0.215. The van der Waals surface area contributed by atoms with Crippen molar-refractivity contribution >= 4 is 17.3 Å². The largest absolute Gasteiger partial charge is 0.325 e. The first-order valence-electron chi connectivity index (χ1n) is 9.06. The minimum absolute atomic E-state index is 0.00415. The van der Waals surface area contributed by atoms with Crippen LogP contribution in [0.4, 0.5) is 5.69 Å². The number of rotatable bonds is 4. The van der Waals surface area contributed by atoms with Crippen LogP contribution in [0.5, 0.6) is 0 Å². The van der Waals surface area contributed by atoms with Gasteiger partial charge in [0, 0.05) is 23.0 Å². The van der Waals surface area contributed by atoms with Crippen molar-refractivity contribution in [3.8, 4) is 11.3 Å². The van der Waals surface area contributed by atoms with Crippen LogP contribution in [0, 0.1) is 5.92 Å². The normalized spacial score (nSPS) is 17.2. The van der Waals surface area contributed by atoms with Crippen LogP contribution in [-0.4, -0.2) is 33.7 Å². The van der Waals surface area contributed by atoms with Gasteiger partial charge in [-0.1, -0.05) is 25.1 Å². The molecule has 136 valence electrons. The Morgan fingerprint density at radius 3 is 2.69 bits per heavy atom. The number of hydrogen-bond donors (Lipinski definition) is 1. The molecule has 1 amide bonds. The van der Waals surface area contributed by atoms with Crippen molar-refractivity contribution in [2.75, 3.05) is 11.9 Å². The summed E-state index contributed by atoms with van der Waals surface area (Å²) >= 11 is 0. The Hall–Kier alpha value is -2.69. The Morgan fingerprint density at radius 2 is 2.04 bits per heavy atom. The SMILES string of the molecule is CCC1=NN(C(C)(C)C)CC1C(=O)Nc1cccc(-c2ccccn2)c1. The first kappa shape index (κ1) is 18.1. The molecule has 5 nitrogen and oxygen atoms in total. The van der Waals surface area contributed by atoms with Gasteiger partial charge in [0.2, 0.25) is 5.91 Å². The number of aromatic nitrogens is 1. The molecule has 2 aromatic rings. The monoisotopic (exact) mass is 350 g/mol. The highest BCUT2D eigenvalue weighted by molar-refractivity contribution is 6.10. The number of carbonyl (C=O) groups is 1. The van der Waals surface area contributed by atoms with Gasteiger partial charge in [-0.2, -0.15) is 5.10 Å². The zero-order chi connectivity index (χ0) is 18.7. The van der Waals surface area contributed by atoms with E-state index in [9.17, 15) is 4.79 Å². The van der Waals surface area contributed by atoms with E-state index in [1.54, 1.807) is 6.20 Å². The third-order valence-electron chi connectivity index (χ3n) is 4.55. The molecule has 3 rings (SSSR count). The molecule has 1 aromatic heterocycles. The molecule has 1 aliphatic heterocycles. The number of amides is 1. The van der Waals surface area contributed by atoms with Crippen LogP contribution in [0.3, 0.4) is 0 Å². The number of carbonyl (C=O) groups excluding carboxylic acids is 1. The third-order valence-corrected chi connectivity index (χ3v) is 4.55. The molecule has 0 fully saturated rings. The summed E-state index contributed by atoms with van der Waals surface area (Å²) in [6.45, 7) is 9.01. The second-order valence-corrected chi connectivity index (χ2v) is 7.54. The summed E-state index contributed by atoms with van der Waals surface area (Å²) in [5.41, 5.74) is 3.50. The van der Waals surface area contributed by atoms with Crippen molar-refractivity contribution in [1.82, 2.24) is 9.99 Å². The molecule has 1 atom stereocenters. The molecule has 0 radical (unpaired) electrons. The maximum absolute atomic E-state index is 12.9. The maximum Gasteiger partial charge on any atom is 0.235 e. The van der Waals surface area contributed by atoms with Gasteiger partial charge < -0.3 is 5.32 Å². The lowest BCUT2D eigenvalue weighted by atomic mass is 9.99. The molecule has 0 bridgehead atoms. The van der Waals surface area contributed by atoms with E-state index < -0.39 is 0 Å². The third kappa shape index (κ3) is 3.93. The fourth-order valence-electron chi connectivity index (χ4n) is 3.04. The number of nitrogens with zero attached hydrogens (tertiary/aromatic N) is 3. The van der Waals surface area contributed by atoms with Crippen LogP contribution in [0.2, 0.25) is 0 Å². The maximum atomic E-state index is 12.9. The Morgan fingerprint density at radius 1 is 1.23 bits per heavy atom. The van der Waals surface area contributed by atoms with E-state index in [1.165, 1.54) is 0 Å². The standard InChI is InChI=1S/C21H26N4O/c1-5-18-17(14-25(24-18)21(2,3)4)20(26)23-16-10-8-9-15(13-16)19-11-6-7-12-22-19/h6-13,17H,5,14H2,1-4H3,(H,23,26). The summed E-state index contributed by atoms with van der Waals surface area (Å²) < 4.78 is 0. The van der Waals surface area contributed by atoms with E-state index in [0.29, 0.717) is 6.54 Å². The van der Waals surface area contributed by atoms with Gasteiger partial charge in [-0.25, -0.2) is 0 Å². The second kappa shape index (κ2) is 7.28. The van der Waals surface area contributed by atoms with Gasteiger partial charge in [-0.3, -0.25) is 14.8 Å². The molecule has 0 spiro atoms. The highest BCUT2D eigenvalue weighted by Gasteiger charge is 2.35.